The SMILES string of the molecule is COCCN=C1Sc2nc3cc4c(cc3cc2CN1C[C@@H]1CCCO1)OCO4. The van der Waals surface area contributed by atoms with Crippen molar-refractivity contribution < 1.29 is 18.9 Å². The third-order valence-corrected chi connectivity index (χ3v) is 6.28. The van der Waals surface area contributed by atoms with E-state index >= 15 is 0 Å². The molecular formula is C20H23N3O4S. The number of ether oxygens (including phenoxy) is 4. The summed E-state index contributed by atoms with van der Waals surface area (Å²) >= 11 is 1.63. The monoisotopic (exact) mass is 401 g/mol. The van der Waals surface area contributed by atoms with Gasteiger partial charge in [-0.1, -0.05) is 0 Å². The zero-order valence-corrected chi connectivity index (χ0v) is 16.7. The summed E-state index contributed by atoms with van der Waals surface area (Å²) in [4.78, 5) is 12.0. The fraction of sp³-hybridized carbons (Fsp3) is 0.500. The molecule has 0 spiro atoms. The number of rotatable bonds is 5. The van der Waals surface area contributed by atoms with Crippen LogP contribution in [0.25, 0.3) is 10.9 Å². The van der Waals surface area contributed by atoms with E-state index in [9.17, 15) is 0 Å². The molecule has 2 aromatic rings. The van der Waals surface area contributed by atoms with Crippen molar-refractivity contribution in [2.45, 2.75) is 30.5 Å². The van der Waals surface area contributed by atoms with Crippen LogP contribution in [0, 0.1) is 0 Å². The van der Waals surface area contributed by atoms with Crippen LogP contribution in [-0.2, 0) is 16.0 Å². The summed E-state index contributed by atoms with van der Waals surface area (Å²) in [5.41, 5.74) is 2.12. The Hall–Kier alpha value is -2.03. The van der Waals surface area contributed by atoms with Crippen molar-refractivity contribution >= 4 is 27.8 Å². The van der Waals surface area contributed by atoms with Crippen LogP contribution >= 0.6 is 11.8 Å². The maximum atomic E-state index is 5.86. The third-order valence-electron chi connectivity index (χ3n) is 5.16. The Morgan fingerprint density at radius 3 is 3.00 bits per heavy atom. The number of methoxy groups -OCH3 is 1. The number of fused-ring (bicyclic) bond motifs is 3. The van der Waals surface area contributed by atoms with E-state index in [1.165, 1.54) is 5.56 Å². The van der Waals surface area contributed by atoms with Crippen LogP contribution in [0.15, 0.2) is 28.2 Å². The fourth-order valence-corrected chi connectivity index (χ4v) is 4.75. The first-order valence-corrected chi connectivity index (χ1v) is 10.4. The largest absolute Gasteiger partial charge is 0.454 e. The highest BCUT2D eigenvalue weighted by molar-refractivity contribution is 8.13. The van der Waals surface area contributed by atoms with Crippen molar-refractivity contribution in [1.82, 2.24) is 9.88 Å². The second-order valence-corrected chi connectivity index (χ2v) is 8.08. The lowest BCUT2D eigenvalue weighted by molar-refractivity contribution is 0.0902. The first-order chi connectivity index (χ1) is 13.8. The number of benzene rings is 1. The molecule has 0 unspecified atom stereocenters. The molecule has 148 valence electrons. The van der Waals surface area contributed by atoms with Gasteiger partial charge in [-0.25, -0.2) is 4.98 Å². The Morgan fingerprint density at radius 1 is 1.29 bits per heavy atom. The second-order valence-electron chi connectivity index (χ2n) is 7.13. The van der Waals surface area contributed by atoms with Crippen LogP contribution in [-0.4, -0.2) is 61.4 Å². The predicted octanol–water partition coefficient (Wildman–Crippen LogP) is 3.05. The van der Waals surface area contributed by atoms with Gasteiger partial charge in [0.25, 0.3) is 0 Å². The van der Waals surface area contributed by atoms with Crippen LogP contribution in [0.3, 0.4) is 0 Å². The van der Waals surface area contributed by atoms with Crippen LogP contribution in [0.1, 0.15) is 18.4 Å². The van der Waals surface area contributed by atoms with E-state index in [4.69, 9.17) is 28.9 Å². The molecule has 1 saturated heterocycles. The molecule has 5 rings (SSSR count). The smallest absolute Gasteiger partial charge is 0.231 e. The van der Waals surface area contributed by atoms with Gasteiger partial charge in [0.1, 0.15) is 5.03 Å². The van der Waals surface area contributed by atoms with Gasteiger partial charge in [-0.05, 0) is 36.7 Å². The molecule has 1 atom stereocenters. The molecule has 0 N–H and O–H groups in total. The number of thioether (sulfide) groups is 1. The number of hydrogen-bond donors (Lipinski definition) is 0. The quantitative estimate of drug-likeness (QED) is 0.714. The minimum Gasteiger partial charge on any atom is -0.454 e. The lowest BCUT2D eigenvalue weighted by Crippen LogP contribution is -2.38. The first-order valence-electron chi connectivity index (χ1n) is 9.61. The number of aliphatic imine (C=N–C) groups is 1. The van der Waals surface area contributed by atoms with Gasteiger partial charge in [0.15, 0.2) is 16.7 Å². The number of aromatic nitrogens is 1. The van der Waals surface area contributed by atoms with Gasteiger partial charge < -0.3 is 23.8 Å². The summed E-state index contributed by atoms with van der Waals surface area (Å²) in [6.07, 6.45) is 2.52. The first kappa shape index (κ1) is 18.0. The minimum absolute atomic E-state index is 0.269. The summed E-state index contributed by atoms with van der Waals surface area (Å²) in [6.45, 7) is 4.02. The average Bonchev–Trinajstić information content (AvgIpc) is 3.36. The van der Waals surface area contributed by atoms with Crippen molar-refractivity contribution in [1.29, 1.82) is 0 Å². The van der Waals surface area contributed by atoms with E-state index in [1.807, 2.05) is 12.1 Å². The maximum absolute atomic E-state index is 5.86. The molecule has 0 radical (unpaired) electrons. The standard InChI is InChI=1S/C20H23N3O4S/c1-24-6-4-21-20-23(11-15-3-2-5-25-15)10-14-7-13-8-17-18(27-12-26-17)9-16(13)22-19(14)28-20/h7-9,15H,2-6,10-12H2,1H3/t15-/m0/s1. The van der Waals surface area contributed by atoms with Crippen molar-refractivity contribution in [3.05, 3.63) is 23.8 Å². The van der Waals surface area contributed by atoms with E-state index < -0.39 is 0 Å². The van der Waals surface area contributed by atoms with Crippen LogP contribution in [0.4, 0.5) is 0 Å². The van der Waals surface area contributed by atoms with Crippen molar-refractivity contribution in [2.75, 3.05) is 40.2 Å². The molecule has 1 aromatic carbocycles. The Labute approximate surface area is 168 Å². The van der Waals surface area contributed by atoms with Crippen molar-refractivity contribution in [2.24, 2.45) is 4.99 Å². The van der Waals surface area contributed by atoms with E-state index in [-0.39, 0.29) is 12.9 Å². The predicted molar refractivity (Wildman–Crippen MR) is 107 cm³/mol. The zero-order valence-electron chi connectivity index (χ0n) is 15.8. The summed E-state index contributed by atoms with van der Waals surface area (Å²) in [6, 6.07) is 6.18. The molecule has 3 aliphatic heterocycles. The maximum Gasteiger partial charge on any atom is 0.231 e. The van der Waals surface area contributed by atoms with Crippen LogP contribution < -0.4 is 9.47 Å². The number of hydrogen-bond acceptors (Lipinski definition) is 7. The van der Waals surface area contributed by atoms with Gasteiger partial charge in [-0.15, -0.1) is 0 Å². The van der Waals surface area contributed by atoms with Gasteiger partial charge in [-0.2, -0.15) is 0 Å². The van der Waals surface area contributed by atoms with E-state index in [0.717, 1.165) is 65.1 Å². The molecule has 1 aromatic heterocycles. The third kappa shape index (κ3) is 3.52. The van der Waals surface area contributed by atoms with E-state index in [0.29, 0.717) is 13.2 Å². The van der Waals surface area contributed by atoms with Gasteiger partial charge in [0.2, 0.25) is 6.79 Å². The number of amidine groups is 1. The fourth-order valence-electron chi connectivity index (χ4n) is 3.76. The highest BCUT2D eigenvalue weighted by Crippen LogP contribution is 2.39. The topological polar surface area (TPSA) is 65.4 Å². The Kier molecular flexibility index (Phi) is 5.00. The molecule has 28 heavy (non-hydrogen) atoms. The van der Waals surface area contributed by atoms with Crippen molar-refractivity contribution in [3.8, 4) is 11.5 Å². The zero-order chi connectivity index (χ0) is 18.9. The number of nitrogens with zero attached hydrogens (tertiary/aromatic N) is 3. The van der Waals surface area contributed by atoms with Gasteiger partial charge in [-0.3, -0.25) is 4.99 Å². The Bertz CT molecular complexity index is 914. The highest BCUT2D eigenvalue weighted by atomic mass is 32.2. The molecule has 0 aliphatic carbocycles. The van der Waals surface area contributed by atoms with Crippen LogP contribution in [0.2, 0.25) is 0 Å². The molecule has 0 saturated carbocycles. The Morgan fingerprint density at radius 2 is 2.18 bits per heavy atom. The van der Waals surface area contributed by atoms with Gasteiger partial charge in [0.05, 0.1) is 24.8 Å². The molecular weight excluding hydrogens is 378 g/mol. The minimum atomic E-state index is 0.269. The molecule has 3 aliphatic rings. The molecule has 8 heteroatoms. The summed E-state index contributed by atoms with van der Waals surface area (Å²) in [7, 11) is 1.70. The summed E-state index contributed by atoms with van der Waals surface area (Å²) < 4.78 is 22.1. The lowest BCUT2D eigenvalue weighted by atomic mass is 10.1. The second kappa shape index (κ2) is 7.77. The normalized spacial score (nSPS) is 22.2. The number of pyridine rings is 1. The highest BCUT2D eigenvalue weighted by Gasteiger charge is 2.28. The van der Waals surface area contributed by atoms with Gasteiger partial charge >= 0.3 is 0 Å². The van der Waals surface area contributed by atoms with E-state index in [2.05, 4.69) is 11.0 Å². The summed E-state index contributed by atoms with van der Waals surface area (Å²) in [5, 5.41) is 3.07. The van der Waals surface area contributed by atoms with Crippen molar-refractivity contribution in [3.63, 3.8) is 0 Å². The average molecular weight is 401 g/mol. The lowest BCUT2D eigenvalue weighted by Gasteiger charge is -2.32. The van der Waals surface area contributed by atoms with E-state index in [1.54, 1.807) is 18.9 Å². The van der Waals surface area contributed by atoms with Gasteiger partial charge in [0, 0.05) is 43.8 Å². The summed E-state index contributed by atoms with van der Waals surface area (Å²) in [5.74, 6) is 1.55. The molecule has 4 heterocycles. The molecule has 0 bridgehead atoms. The molecule has 0 amide bonds. The molecule has 1 fully saturated rings. The molecule has 7 nitrogen and oxygen atoms in total. The Balaban J connectivity index is 1.47. The van der Waals surface area contributed by atoms with Crippen LogP contribution in [0.5, 0.6) is 11.5 Å².